The van der Waals surface area contributed by atoms with E-state index >= 15 is 0 Å². The lowest BCUT2D eigenvalue weighted by Gasteiger charge is -2.30. The molecule has 1 aromatic rings. The summed E-state index contributed by atoms with van der Waals surface area (Å²) in [5.41, 5.74) is -1.18. The Kier molecular flexibility index (Phi) is 4.43. The van der Waals surface area contributed by atoms with Gasteiger partial charge in [0.1, 0.15) is 11.9 Å². The smallest absolute Gasteiger partial charge is 0.298 e. The van der Waals surface area contributed by atoms with E-state index in [-0.39, 0.29) is 0 Å². The summed E-state index contributed by atoms with van der Waals surface area (Å²) in [6.07, 6.45) is -4.55. The van der Waals surface area contributed by atoms with Crippen molar-refractivity contribution in [3.63, 3.8) is 0 Å². The average Bonchev–Trinajstić information content (AvgIpc) is 2.11. The Bertz CT molecular complexity index is 423. The molecule has 1 N–H and O–H groups in total. The number of benzene rings is 1. The molecule has 0 fully saturated rings. The zero-order chi connectivity index (χ0) is 14.1. The van der Waals surface area contributed by atoms with Crippen LogP contribution in [0.15, 0.2) is 22.7 Å². The molecule has 0 heterocycles. The van der Waals surface area contributed by atoms with Crippen molar-refractivity contribution in [1.29, 1.82) is 0 Å². The van der Waals surface area contributed by atoms with Gasteiger partial charge in [0.05, 0.1) is 0 Å². The molecule has 1 rings (SSSR count). The first kappa shape index (κ1) is 15.4. The van der Waals surface area contributed by atoms with Gasteiger partial charge in [-0.2, -0.15) is 13.2 Å². The van der Waals surface area contributed by atoms with Crippen LogP contribution < -0.4 is 5.32 Å². The third-order valence-electron chi connectivity index (χ3n) is 2.18. The quantitative estimate of drug-likeness (QED) is 0.784. The van der Waals surface area contributed by atoms with Crippen LogP contribution in [0.2, 0.25) is 0 Å². The lowest BCUT2D eigenvalue weighted by molar-refractivity contribution is -0.162. The van der Waals surface area contributed by atoms with E-state index in [1.54, 1.807) is 20.8 Å². The molecule has 0 radical (unpaired) electrons. The van der Waals surface area contributed by atoms with Crippen LogP contribution in [0.25, 0.3) is 0 Å². The summed E-state index contributed by atoms with van der Waals surface area (Å²) in [6, 6.07) is 1.53. The van der Waals surface area contributed by atoms with Crippen molar-refractivity contribution in [3.8, 4) is 0 Å². The SMILES string of the molecule is CC(C)(C)NC(c1ccc(Br)cc1F)C(F)(F)F. The zero-order valence-corrected chi connectivity index (χ0v) is 11.8. The summed E-state index contributed by atoms with van der Waals surface area (Å²) in [6.45, 7) is 4.80. The molecule has 0 bridgehead atoms. The van der Waals surface area contributed by atoms with Gasteiger partial charge in [-0.05, 0) is 32.9 Å². The zero-order valence-electron chi connectivity index (χ0n) is 10.2. The molecule has 1 aromatic carbocycles. The summed E-state index contributed by atoms with van der Waals surface area (Å²) in [7, 11) is 0. The number of halogens is 5. The van der Waals surface area contributed by atoms with E-state index in [2.05, 4.69) is 21.2 Å². The molecule has 0 amide bonds. The maximum Gasteiger partial charge on any atom is 0.408 e. The minimum absolute atomic E-state index is 0.402. The molecule has 1 atom stereocenters. The van der Waals surface area contributed by atoms with Crippen molar-refractivity contribution in [2.75, 3.05) is 0 Å². The predicted molar refractivity (Wildman–Crippen MR) is 65.8 cm³/mol. The van der Waals surface area contributed by atoms with Crippen LogP contribution in [0.3, 0.4) is 0 Å². The Morgan fingerprint density at radius 2 is 1.72 bits per heavy atom. The van der Waals surface area contributed by atoms with E-state index in [9.17, 15) is 17.6 Å². The standard InChI is InChI=1S/C12H14BrF4N/c1-11(2,3)18-10(12(15,16)17)8-5-4-7(13)6-9(8)14/h4-6,10,18H,1-3H3. The Hall–Kier alpha value is -0.620. The highest BCUT2D eigenvalue weighted by molar-refractivity contribution is 9.10. The van der Waals surface area contributed by atoms with Gasteiger partial charge >= 0.3 is 6.18 Å². The molecule has 0 spiro atoms. The van der Waals surface area contributed by atoms with Gasteiger partial charge in [0.15, 0.2) is 0 Å². The number of rotatable bonds is 2. The van der Waals surface area contributed by atoms with E-state index in [0.717, 1.165) is 12.1 Å². The second-order valence-electron chi connectivity index (χ2n) is 5.03. The fourth-order valence-corrected chi connectivity index (χ4v) is 1.84. The van der Waals surface area contributed by atoms with Crippen molar-refractivity contribution in [3.05, 3.63) is 34.1 Å². The van der Waals surface area contributed by atoms with Crippen LogP contribution in [0.4, 0.5) is 17.6 Å². The number of alkyl halides is 3. The van der Waals surface area contributed by atoms with E-state index in [4.69, 9.17) is 0 Å². The largest absolute Gasteiger partial charge is 0.408 e. The minimum atomic E-state index is -4.55. The fraction of sp³-hybridized carbons (Fsp3) is 0.500. The number of hydrogen-bond donors (Lipinski definition) is 1. The second kappa shape index (κ2) is 5.17. The van der Waals surface area contributed by atoms with E-state index < -0.39 is 29.1 Å². The molecule has 0 aromatic heterocycles. The van der Waals surface area contributed by atoms with Gasteiger partial charge in [-0.3, -0.25) is 5.32 Å². The van der Waals surface area contributed by atoms with Gasteiger partial charge in [0, 0.05) is 15.6 Å². The van der Waals surface area contributed by atoms with E-state index in [1.807, 2.05) is 0 Å². The van der Waals surface area contributed by atoms with Gasteiger partial charge < -0.3 is 0 Å². The topological polar surface area (TPSA) is 12.0 Å². The summed E-state index contributed by atoms with van der Waals surface area (Å²) in [5.74, 6) is -0.886. The highest BCUT2D eigenvalue weighted by atomic mass is 79.9. The molecular weight excluding hydrogens is 314 g/mol. The van der Waals surface area contributed by atoms with Crippen LogP contribution in [0.1, 0.15) is 32.4 Å². The van der Waals surface area contributed by atoms with Crippen LogP contribution in [-0.2, 0) is 0 Å². The maximum absolute atomic E-state index is 13.6. The van der Waals surface area contributed by atoms with Crippen molar-refractivity contribution < 1.29 is 17.6 Å². The Balaban J connectivity index is 3.18. The van der Waals surface area contributed by atoms with Crippen LogP contribution in [0, 0.1) is 5.82 Å². The summed E-state index contributed by atoms with van der Waals surface area (Å²) in [4.78, 5) is 0. The lowest BCUT2D eigenvalue weighted by atomic mass is 10.0. The first-order valence-corrected chi connectivity index (χ1v) is 6.09. The van der Waals surface area contributed by atoms with Crippen molar-refractivity contribution in [2.24, 2.45) is 0 Å². The first-order valence-electron chi connectivity index (χ1n) is 5.30. The molecule has 0 saturated heterocycles. The van der Waals surface area contributed by atoms with Gasteiger partial charge in [-0.15, -0.1) is 0 Å². The Morgan fingerprint density at radius 3 is 2.11 bits per heavy atom. The lowest BCUT2D eigenvalue weighted by Crippen LogP contribution is -2.45. The normalized spacial score (nSPS) is 14.7. The fourth-order valence-electron chi connectivity index (χ4n) is 1.50. The number of nitrogens with one attached hydrogen (secondary N) is 1. The molecule has 1 nitrogen and oxygen atoms in total. The van der Waals surface area contributed by atoms with Crippen LogP contribution >= 0.6 is 15.9 Å². The Labute approximate surface area is 112 Å². The maximum atomic E-state index is 13.6. The molecule has 6 heteroatoms. The molecule has 102 valence electrons. The molecule has 18 heavy (non-hydrogen) atoms. The third kappa shape index (κ3) is 4.24. The molecular formula is C12H14BrF4N. The molecule has 0 aliphatic rings. The second-order valence-corrected chi connectivity index (χ2v) is 5.95. The first-order chi connectivity index (χ1) is 8.00. The van der Waals surface area contributed by atoms with Crippen molar-refractivity contribution in [2.45, 2.75) is 38.5 Å². The molecule has 0 aliphatic carbocycles. The van der Waals surface area contributed by atoms with Gasteiger partial charge in [-0.1, -0.05) is 22.0 Å². The van der Waals surface area contributed by atoms with Crippen molar-refractivity contribution >= 4 is 15.9 Å². The van der Waals surface area contributed by atoms with Crippen LogP contribution in [-0.4, -0.2) is 11.7 Å². The van der Waals surface area contributed by atoms with E-state index in [1.165, 1.54) is 6.07 Å². The van der Waals surface area contributed by atoms with Gasteiger partial charge in [-0.25, -0.2) is 4.39 Å². The van der Waals surface area contributed by atoms with Gasteiger partial charge in [0.25, 0.3) is 0 Å². The summed E-state index contributed by atoms with van der Waals surface area (Å²) in [5, 5.41) is 2.39. The van der Waals surface area contributed by atoms with E-state index in [0.29, 0.717) is 4.47 Å². The molecule has 0 saturated carbocycles. The van der Waals surface area contributed by atoms with Crippen LogP contribution in [0.5, 0.6) is 0 Å². The monoisotopic (exact) mass is 327 g/mol. The highest BCUT2D eigenvalue weighted by Crippen LogP contribution is 2.36. The van der Waals surface area contributed by atoms with Crippen molar-refractivity contribution in [1.82, 2.24) is 5.32 Å². The summed E-state index contributed by atoms with van der Waals surface area (Å²) >= 11 is 3.02. The molecule has 1 unspecified atom stereocenters. The Morgan fingerprint density at radius 1 is 1.17 bits per heavy atom. The molecule has 0 aliphatic heterocycles. The minimum Gasteiger partial charge on any atom is -0.298 e. The highest BCUT2D eigenvalue weighted by Gasteiger charge is 2.43. The predicted octanol–water partition coefficient (Wildman–Crippen LogP) is 4.58. The third-order valence-corrected chi connectivity index (χ3v) is 2.67. The van der Waals surface area contributed by atoms with Gasteiger partial charge in [0.2, 0.25) is 0 Å². The number of hydrogen-bond acceptors (Lipinski definition) is 1. The average molecular weight is 328 g/mol. The summed E-state index contributed by atoms with van der Waals surface area (Å²) < 4.78 is 53.0.